The molecule has 0 aromatic heterocycles. The fraction of sp³-hybridized carbons (Fsp3) is 0.533. The summed E-state index contributed by atoms with van der Waals surface area (Å²) in [6.45, 7) is 1.54. The first-order valence-corrected chi connectivity index (χ1v) is 7.29. The number of amides is 1. The van der Waals surface area contributed by atoms with E-state index in [1.165, 1.54) is 0 Å². The van der Waals surface area contributed by atoms with E-state index < -0.39 is 0 Å². The molecular weight excluding hydrogens is 294 g/mol. The van der Waals surface area contributed by atoms with Crippen LogP contribution >= 0.6 is 11.6 Å². The van der Waals surface area contributed by atoms with E-state index in [1.807, 2.05) is 6.07 Å². The Labute approximate surface area is 129 Å². The van der Waals surface area contributed by atoms with Crippen LogP contribution in [0, 0.1) is 0 Å². The number of nitrogens with zero attached hydrogens (tertiary/aromatic N) is 1. The van der Waals surface area contributed by atoms with Gasteiger partial charge in [0.15, 0.2) is 0 Å². The summed E-state index contributed by atoms with van der Waals surface area (Å²) in [4.78, 5) is 14.1. The number of methoxy groups -OCH3 is 2. The van der Waals surface area contributed by atoms with Crippen molar-refractivity contribution >= 4 is 23.2 Å². The molecule has 0 radical (unpaired) electrons. The zero-order chi connectivity index (χ0) is 15.2. The summed E-state index contributed by atoms with van der Waals surface area (Å²) in [5.41, 5.74) is 1.74. The molecule has 1 aliphatic heterocycles. The maximum absolute atomic E-state index is 12.4. The standard InChI is InChI=1S/C15H20ClNO4/c1-19-8-9-21-10-14(18)17-7-3-4-11-12(16)5-6-13(20-2)15(11)17/h5-6H,3-4,7-10H2,1-2H3. The number of fused-ring (bicyclic) bond motifs is 1. The van der Waals surface area contributed by atoms with Gasteiger partial charge in [-0.25, -0.2) is 0 Å². The Hall–Kier alpha value is -1.30. The minimum atomic E-state index is -0.0902. The third-order valence-corrected chi connectivity index (χ3v) is 3.80. The molecule has 1 aromatic carbocycles. The molecule has 0 unspecified atom stereocenters. The molecule has 0 saturated carbocycles. The van der Waals surface area contributed by atoms with Crippen molar-refractivity contribution in [2.45, 2.75) is 12.8 Å². The minimum absolute atomic E-state index is 0.0263. The van der Waals surface area contributed by atoms with Crippen molar-refractivity contribution in [2.24, 2.45) is 0 Å². The predicted molar refractivity (Wildman–Crippen MR) is 81.4 cm³/mol. The quantitative estimate of drug-likeness (QED) is 0.756. The lowest BCUT2D eigenvalue weighted by Gasteiger charge is -2.31. The van der Waals surface area contributed by atoms with Crippen LogP contribution in [0.4, 0.5) is 5.69 Å². The average molecular weight is 314 g/mol. The van der Waals surface area contributed by atoms with Crippen LogP contribution in [0.3, 0.4) is 0 Å². The van der Waals surface area contributed by atoms with Gasteiger partial charge >= 0.3 is 0 Å². The third-order valence-electron chi connectivity index (χ3n) is 3.45. The fourth-order valence-corrected chi connectivity index (χ4v) is 2.69. The van der Waals surface area contributed by atoms with Gasteiger partial charge in [-0.1, -0.05) is 11.6 Å². The van der Waals surface area contributed by atoms with Crippen molar-refractivity contribution in [3.63, 3.8) is 0 Å². The van der Waals surface area contributed by atoms with Crippen LogP contribution in [-0.4, -0.2) is 46.5 Å². The minimum Gasteiger partial charge on any atom is -0.495 e. The molecule has 1 aliphatic rings. The normalized spacial score (nSPS) is 14.0. The highest BCUT2D eigenvalue weighted by Gasteiger charge is 2.27. The Kier molecular flexibility index (Phi) is 5.85. The average Bonchev–Trinajstić information content (AvgIpc) is 2.51. The SMILES string of the molecule is COCCOCC(=O)N1CCCc2c(Cl)ccc(OC)c21. The van der Waals surface area contributed by atoms with E-state index in [2.05, 4.69) is 0 Å². The smallest absolute Gasteiger partial charge is 0.253 e. The molecule has 0 atom stereocenters. The summed E-state index contributed by atoms with van der Waals surface area (Å²) in [7, 11) is 3.19. The number of rotatable bonds is 6. The first kappa shape index (κ1) is 16.1. The Morgan fingerprint density at radius 2 is 2.14 bits per heavy atom. The lowest BCUT2D eigenvalue weighted by molar-refractivity contribution is -0.123. The Morgan fingerprint density at radius 3 is 2.86 bits per heavy atom. The van der Waals surface area contributed by atoms with Gasteiger partial charge in [-0.05, 0) is 30.5 Å². The molecule has 1 aromatic rings. The molecule has 5 nitrogen and oxygen atoms in total. The molecule has 2 rings (SSSR count). The first-order chi connectivity index (χ1) is 10.2. The number of anilines is 1. The number of ether oxygens (including phenoxy) is 3. The van der Waals surface area contributed by atoms with Crippen LogP contribution in [0.2, 0.25) is 5.02 Å². The number of benzene rings is 1. The molecule has 0 spiro atoms. The van der Waals surface area contributed by atoms with E-state index >= 15 is 0 Å². The van der Waals surface area contributed by atoms with E-state index in [0.717, 1.165) is 24.1 Å². The lowest BCUT2D eigenvalue weighted by atomic mass is 10.0. The van der Waals surface area contributed by atoms with Gasteiger partial charge < -0.3 is 19.1 Å². The van der Waals surface area contributed by atoms with Crippen molar-refractivity contribution in [1.29, 1.82) is 0 Å². The summed E-state index contributed by atoms with van der Waals surface area (Å²) in [5.74, 6) is 0.576. The second-order valence-electron chi connectivity index (χ2n) is 4.77. The van der Waals surface area contributed by atoms with Gasteiger partial charge in [-0.2, -0.15) is 0 Å². The summed E-state index contributed by atoms with van der Waals surface area (Å²) in [5, 5.41) is 0.670. The Morgan fingerprint density at radius 1 is 1.33 bits per heavy atom. The van der Waals surface area contributed by atoms with Gasteiger partial charge in [0.05, 0.1) is 26.0 Å². The first-order valence-electron chi connectivity index (χ1n) is 6.91. The third kappa shape index (κ3) is 3.67. The van der Waals surface area contributed by atoms with Gasteiger partial charge in [0.25, 0.3) is 5.91 Å². The van der Waals surface area contributed by atoms with Crippen LogP contribution in [0.1, 0.15) is 12.0 Å². The van der Waals surface area contributed by atoms with Crippen molar-refractivity contribution < 1.29 is 19.0 Å². The Balaban J connectivity index is 2.17. The fourth-order valence-electron chi connectivity index (χ4n) is 2.44. The molecule has 0 bridgehead atoms. The van der Waals surface area contributed by atoms with Gasteiger partial charge in [0.1, 0.15) is 12.4 Å². The molecule has 0 aliphatic carbocycles. The van der Waals surface area contributed by atoms with Crippen molar-refractivity contribution in [2.75, 3.05) is 45.5 Å². The molecular formula is C15H20ClNO4. The lowest BCUT2D eigenvalue weighted by Crippen LogP contribution is -2.38. The maximum atomic E-state index is 12.4. The zero-order valence-electron chi connectivity index (χ0n) is 12.4. The highest BCUT2D eigenvalue weighted by Crippen LogP contribution is 2.40. The topological polar surface area (TPSA) is 48.0 Å². The van der Waals surface area contributed by atoms with Crippen molar-refractivity contribution in [3.05, 3.63) is 22.7 Å². The molecule has 1 amide bonds. The van der Waals surface area contributed by atoms with Crippen LogP contribution in [0.25, 0.3) is 0 Å². The van der Waals surface area contributed by atoms with E-state index in [4.69, 9.17) is 25.8 Å². The highest BCUT2D eigenvalue weighted by molar-refractivity contribution is 6.32. The number of carbonyl (C=O) groups is 1. The van der Waals surface area contributed by atoms with Crippen LogP contribution in [0.5, 0.6) is 5.75 Å². The maximum Gasteiger partial charge on any atom is 0.253 e. The monoisotopic (exact) mass is 313 g/mol. The van der Waals surface area contributed by atoms with Crippen LogP contribution in [-0.2, 0) is 20.7 Å². The van der Waals surface area contributed by atoms with Crippen molar-refractivity contribution in [1.82, 2.24) is 0 Å². The highest BCUT2D eigenvalue weighted by atomic mass is 35.5. The van der Waals surface area contributed by atoms with E-state index in [9.17, 15) is 4.79 Å². The molecule has 21 heavy (non-hydrogen) atoms. The van der Waals surface area contributed by atoms with E-state index in [0.29, 0.717) is 30.5 Å². The molecule has 0 N–H and O–H groups in total. The van der Waals surface area contributed by atoms with Gasteiger partial charge in [0.2, 0.25) is 0 Å². The van der Waals surface area contributed by atoms with Crippen LogP contribution in [0.15, 0.2) is 12.1 Å². The molecule has 6 heteroatoms. The molecule has 0 fully saturated rings. The second-order valence-corrected chi connectivity index (χ2v) is 5.18. The second kappa shape index (κ2) is 7.64. The number of carbonyl (C=O) groups excluding carboxylic acids is 1. The number of halogens is 1. The van der Waals surface area contributed by atoms with Gasteiger partial charge in [0, 0.05) is 18.7 Å². The summed E-state index contributed by atoms with van der Waals surface area (Å²) in [6, 6.07) is 3.60. The van der Waals surface area contributed by atoms with E-state index in [1.54, 1.807) is 25.2 Å². The van der Waals surface area contributed by atoms with Gasteiger partial charge in [-0.15, -0.1) is 0 Å². The molecule has 0 saturated heterocycles. The molecule has 1 heterocycles. The zero-order valence-corrected chi connectivity index (χ0v) is 13.1. The summed E-state index contributed by atoms with van der Waals surface area (Å²) in [6.07, 6.45) is 1.73. The Bertz CT molecular complexity index is 507. The summed E-state index contributed by atoms with van der Waals surface area (Å²) < 4.78 is 15.6. The van der Waals surface area contributed by atoms with Gasteiger partial charge in [-0.3, -0.25) is 4.79 Å². The van der Waals surface area contributed by atoms with E-state index in [-0.39, 0.29) is 12.5 Å². The molecule has 116 valence electrons. The van der Waals surface area contributed by atoms with Crippen molar-refractivity contribution in [3.8, 4) is 5.75 Å². The predicted octanol–water partition coefficient (Wildman–Crippen LogP) is 2.29. The summed E-state index contributed by atoms with van der Waals surface area (Å²) >= 11 is 6.25. The number of hydrogen-bond acceptors (Lipinski definition) is 4. The van der Waals surface area contributed by atoms with Crippen LogP contribution < -0.4 is 9.64 Å². The largest absolute Gasteiger partial charge is 0.495 e. The number of hydrogen-bond donors (Lipinski definition) is 0.